The number of benzene rings is 2. The predicted octanol–water partition coefficient (Wildman–Crippen LogP) is 5.94. The second-order valence-corrected chi connectivity index (χ2v) is 16.5. The zero-order chi connectivity index (χ0) is 30.3. The molecule has 0 aliphatic carbocycles. The molecule has 0 bridgehead atoms. The predicted molar refractivity (Wildman–Crippen MR) is 160 cm³/mol. The molecular weight excluding hydrogens is 740 g/mol. The first-order valence-electron chi connectivity index (χ1n) is 13.4. The second kappa shape index (κ2) is 19.3. The number of carbonyl (C=O) groups is 4. The Morgan fingerprint density at radius 2 is 0.854 bits per heavy atom. The van der Waals surface area contributed by atoms with E-state index in [0.29, 0.717) is 23.2 Å². The fourth-order valence-corrected chi connectivity index (χ4v) is 11.4. The van der Waals surface area contributed by atoms with Crippen molar-refractivity contribution in [3.05, 3.63) is 71.8 Å². The van der Waals surface area contributed by atoms with Gasteiger partial charge in [0.2, 0.25) is 0 Å². The van der Waals surface area contributed by atoms with Crippen molar-refractivity contribution >= 4 is 40.3 Å². The van der Waals surface area contributed by atoms with Crippen molar-refractivity contribution in [2.45, 2.75) is 63.7 Å². The number of hydrogen-bond donors (Lipinski definition) is 0. The van der Waals surface area contributed by atoms with Gasteiger partial charge < -0.3 is 17.7 Å². The summed E-state index contributed by atoms with van der Waals surface area (Å²) in [7, 11) is 0.348. The zero-order valence-electron chi connectivity index (χ0n) is 25.3. The van der Waals surface area contributed by atoms with Crippen LogP contribution in [0.2, 0.25) is 23.2 Å². The van der Waals surface area contributed by atoms with Gasteiger partial charge in [-0.15, -0.1) is 0 Å². The topological polar surface area (TPSA) is 105 Å². The van der Waals surface area contributed by atoms with Crippen LogP contribution >= 0.6 is 0 Å². The molecule has 0 saturated carbocycles. The third-order valence-electron chi connectivity index (χ3n) is 6.91. The van der Waals surface area contributed by atoms with E-state index in [1.807, 2.05) is 26.0 Å². The minimum absolute atomic E-state index is 0. The third-order valence-corrected chi connectivity index (χ3v) is 15.2. The number of hydrogen-bond acceptors (Lipinski definition) is 8. The first-order chi connectivity index (χ1) is 19.0. The van der Waals surface area contributed by atoms with Crippen molar-refractivity contribution in [1.29, 1.82) is 0 Å². The molecule has 2 aromatic rings. The minimum Gasteiger partial charge on any atom is -0.397 e. The van der Waals surface area contributed by atoms with E-state index >= 15 is 0 Å². The minimum atomic E-state index is -2.88. The Kier molecular flexibility index (Phi) is 18.4. The van der Waals surface area contributed by atoms with Crippen molar-refractivity contribution in [1.82, 2.24) is 0 Å². The standard InChI is InChI=1S/2C15H22O4Si.Pt/c2*1-5-11-20(18-3,19-4)15(12(2)16)14(17)13-9-7-6-8-10-13;/h2*6-10,15H,5,11H2,1-4H3;/q;;+2. The van der Waals surface area contributed by atoms with Crippen LogP contribution in [-0.2, 0) is 48.4 Å². The van der Waals surface area contributed by atoms with Crippen LogP contribution in [-0.4, -0.2) is 68.7 Å². The van der Waals surface area contributed by atoms with Gasteiger partial charge in [0.05, 0.1) is 0 Å². The molecular formula is C30H44O8PtSi2+2. The third kappa shape index (κ3) is 10.1. The maximum atomic E-state index is 12.7. The summed E-state index contributed by atoms with van der Waals surface area (Å²) in [5, 5.41) is 0. The molecule has 11 heteroatoms. The van der Waals surface area contributed by atoms with Crippen LogP contribution in [0.15, 0.2) is 60.7 Å². The van der Waals surface area contributed by atoms with Crippen LogP contribution in [0, 0.1) is 0 Å². The Bertz CT molecular complexity index is 1000. The Morgan fingerprint density at radius 3 is 1.05 bits per heavy atom. The summed E-state index contributed by atoms with van der Waals surface area (Å²) in [5.41, 5.74) is -0.593. The largest absolute Gasteiger partial charge is 2.00 e. The summed E-state index contributed by atoms with van der Waals surface area (Å²) < 4.78 is 22.3. The summed E-state index contributed by atoms with van der Waals surface area (Å²) in [6.45, 7) is 6.84. The van der Waals surface area contributed by atoms with Gasteiger partial charge in [0, 0.05) is 39.6 Å². The van der Waals surface area contributed by atoms with Crippen molar-refractivity contribution in [2.75, 3.05) is 28.4 Å². The molecule has 0 amide bonds. The molecule has 0 aliphatic heterocycles. The number of rotatable bonds is 16. The Balaban J connectivity index is 0.000000762. The monoisotopic (exact) mass is 783 g/mol. The van der Waals surface area contributed by atoms with Crippen LogP contribution in [0.5, 0.6) is 0 Å². The summed E-state index contributed by atoms with van der Waals surface area (Å²) >= 11 is 0. The van der Waals surface area contributed by atoms with Crippen molar-refractivity contribution in [3.63, 3.8) is 0 Å². The Labute approximate surface area is 261 Å². The van der Waals surface area contributed by atoms with Gasteiger partial charge in [0.15, 0.2) is 11.6 Å². The first kappa shape index (κ1) is 39.1. The van der Waals surface area contributed by atoms with Crippen LogP contribution in [0.4, 0.5) is 0 Å². The molecule has 0 spiro atoms. The van der Waals surface area contributed by atoms with Crippen LogP contribution in [0.25, 0.3) is 0 Å². The average Bonchev–Trinajstić information content (AvgIpc) is 2.97. The molecule has 41 heavy (non-hydrogen) atoms. The second-order valence-electron chi connectivity index (χ2n) is 9.49. The molecule has 0 aliphatic rings. The molecule has 2 aromatic carbocycles. The normalized spacial score (nSPS) is 12.7. The van der Waals surface area contributed by atoms with Gasteiger partial charge in [-0.25, -0.2) is 0 Å². The maximum Gasteiger partial charge on any atom is 2.00 e. The molecule has 8 nitrogen and oxygen atoms in total. The Hall–Kier alpha value is -1.92. The van der Waals surface area contributed by atoms with Gasteiger partial charge in [-0.2, -0.15) is 0 Å². The van der Waals surface area contributed by atoms with E-state index in [4.69, 9.17) is 17.7 Å². The summed E-state index contributed by atoms with van der Waals surface area (Å²) in [6, 6.07) is 18.9. The first-order valence-corrected chi connectivity index (χ1v) is 17.6. The van der Waals surface area contributed by atoms with Crippen molar-refractivity contribution in [2.24, 2.45) is 0 Å². The van der Waals surface area contributed by atoms with Gasteiger partial charge in [-0.1, -0.05) is 87.4 Å². The van der Waals surface area contributed by atoms with E-state index in [-0.39, 0.29) is 44.2 Å². The van der Waals surface area contributed by atoms with Gasteiger partial charge in [-0.3, -0.25) is 19.2 Å². The molecule has 0 fully saturated rings. The van der Waals surface area contributed by atoms with E-state index in [2.05, 4.69) is 0 Å². The number of carbonyl (C=O) groups excluding carboxylic acids is 4. The van der Waals surface area contributed by atoms with Crippen molar-refractivity contribution < 1.29 is 57.9 Å². The van der Waals surface area contributed by atoms with E-state index in [1.165, 1.54) is 42.3 Å². The molecule has 0 saturated heterocycles. The van der Waals surface area contributed by atoms with E-state index in [9.17, 15) is 19.2 Å². The fraction of sp³-hybridized carbons (Fsp3) is 0.467. The average molecular weight is 784 g/mol. The summed E-state index contributed by atoms with van der Waals surface area (Å²) in [4.78, 5) is 49.5. The molecule has 0 aromatic heterocycles. The molecule has 2 rings (SSSR count). The molecule has 0 heterocycles. The van der Waals surface area contributed by atoms with Crippen molar-refractivity contribution in [3.8, 4) is 0 Å². The van der Waals surface area contributed by atoms with Gasteiger partial charge in [0.1, 0.15) is 22.6 Å². The summed E-state index contributed by atoms with van der Waals surface area (Å²) in [5.74, 6) is -0.797. The van der Waals surface area contributed by atoms with Crippen LogP contribution in [0.3, 0.4) is 0 Å². The quantitative estimate of drug-likeness (QED) is 0.117. The molecule has 228 valence electrons. The van der Waals surface area contributed by atoms with E-state index in [0.717, 1.165) is 12.8 Å². The van der Waals surface area contributed by atoms with E-state index in [1.54, 1.807) is 48.5 Å². The van der Waals surface area contributed by atoms with Crippen LogP contribution in [0.1, 0.15) is 61.3 Å². The SMILES string of the molecule is CCC[Si](OC)(OC)C(C(C)=O)C(=O)c1ccccc1.CCC[Si](OC)(OC)C(C(C)=O)C(=O)c1ccccc1.[Pt+2]. The molecule has 2 unspecified atom stereocenters. The van der Waals surface area contributed by atoms with Crippen LogP contribution < -0.4 is 0 Å². The number of Topliss-reactive ketones (excluding diaryl/α,β-unsaturated/α-hetero) is 4. The Morgan fingerprint density at radius 1 is 0.585 bits per heavy atom. The van der Waals surface area contributed by atoms with E-state index < -0.39 is 28.2 Å². The molecule has 0 N–H and O–H groups in total. The molecule has 2 atom stereocenters. The summed E-state index contributed by atoms with van der Waals surface area (Å²) in [6.07, 6.45) is 1.61. The maximum absolute atomic E-state index is 12.7. The van der Waals surface area contributed by atoms with Gasteiger partial charge >= 0.3 is 38.2 Å². The zero-order valence-corrected chi connectivity index (χ0v) is 29.6. The van der Waals surface area contributed by atoms with Gasteiger partial charge in [0.25, 0.3) is 0 Å². The molecule has 0 radical (unpaired) electrons. The van der Waals surface area contributed by atoms with Gasteiger partial charge in [-0.05, 0) is 25.9 Å². The fourth-order valence-electron chi connectivity index (χ4n) is 4.96. The smallest absolute Gasteiger partial charge is 0.397 e. The number of ketones is 4.